The van der Waals surface area contributed by atoms with Crippen molar-refractivity contribution in [2.75, 3.05) is 33.4 Å². The largest absolute Gasteiger partial charge is 0.492 e. The lowest BCUT2D eigenvalue weighted by atomic mass is 9.93. The summed E-state index contributed by atoms with van der Waals surface area (Å²) in [5, 5.41) is 9.40. The minimum absolute atomic E-state index is 0.0745. The first kappa shape index (κ1) is 25.9. The van der Waals surface area contributed by atoms with Crippen LogP contribution in [0.2, 0.25) is 0 Å². The lowest BCUT2D eigenvalue weighted by Gasteiger charge is -2.32. The fourth-order valence-corrected chi connectivity index (χ4v) is 5.81. The Morgan fingerprint density at radius 1 is 1.14 bits per heavy atom. The zero-order valence-corrected chi connectivity index (χ0v) is 20.9. The molecule has 2 aliphatic heterocycles. The molecule has 200 valence electrons. The van der Waals surface area contributed by atoms with Crippen molar-refractivity contribution in [2.24, 2.45) is 5.92 Å². The van der Waals surface area contributed by atoms with E-state index in [9.17, 15) is 23.1 Å². The van der Waals surface area contributed by atoms with Gasteiger partial charge in [-0.15, -0.1) is 0 Å². The first-order chi connectivity index (χ1) is 17.8. The molecular formula is C28H32F3NO5. The van der Waals surface area contributed by atoms with Gasteiger partial charge in [0.25, 0.3) is 0 Å². The predicted octanol–water partition coefficient (Wildman–Crippen LogP) is 5.02. The summed E-state index contributed by atoms with van der Waals surface area (Å²) in [6, 6.07) is 8.26. The van der Waals surface area contributed by atoms with Crippen LogP contribution in [0.5, 0.6) is 11.5 Å². The molecule has 1 fully saturated rings. The summed E-state index contributed by atoms with van der Waals surface area (Å²) in [6.07, 6.45) is -1.83. The van der Waals surface area contributed by atoms with Gasteiger partial charge in [-0.05, 0) is 73.5 Å². The molecule has 2 aromatic rings. The Bertz CT molecular complexity index is 1140. The molecule has 0 aromatic heterocycles. The number of fused-ring (bicyclic) bond motifs is 2. The summed E-state index contributed by atoms with van der Waals surface area (Å²) >= 11 is 0. The molecule has 0 radical (unpaired) electrons. The molecule has 1 saturated heterocycles. The molecule has 1 unspecified atom stereocenters. The van der Waals surface area contributed by atoms with Crippen LogP contribution >= 0.6 is 0 Å². The number of halogens is 3. The number of ether oxygens (including phenoxy) is 3. The average molecular weight is 520 g/mol. The topological polar surface area (TPSA) is 68.2 Å². The van der Waals surface area contributed by atoms with Gasteiger partial charge in [-0.1, -0.05) is 12.1 Å². The van der Waals surface area contributed by atoms with Crippen LogP contribution in [-0.2, 0) is 28.7 Å². The summed E-state index contributed by atoms with van der Waals surface area (Å²) in [4.78, 5) is 13.7. The minimum atomic E-state index is -4.43. The Kier molecular flexibility index (Phi) is 7.36. The van der Waals surface area contributed by atoms with Crippen LogP contribution in [0.3, 0.4) is 0 Å². The van der Waals surface area contributed by atoms with Crippen LogP contribution in [0.25, 0.3) is 0 Å². The van der Waals surface area contributed by atoms with Crippen molar-refractivity contribution in [2.45, 2.75) is 56.8 Å². The van der Waals surface area contributed by atoms with Crippen molar-refractivity contribution in [1.29, 1.82) is 0 Å². The Morgan fingerprint density at radius 2 is 1.89 bits per heavy atom. The van der Waals surface area contributed by atoms with Gasteiger partial charge in [0, 0.05) is 30.7 Å². The van der Waals surface area contributed by atoms with E-state index < -0.39 is 11.7 Å². The molecule has 0 spiro atoms. The fraction of sp³-hybridized carbons (Fsp3) is 0.536. The molecule has 0 saturated carbocycles. The molecule has 3 aliphatic rings. The number of hydrogen-bond acceptors (Lipinski definition) is 6. The molecule has 5 rings (SSSR count). The number of rotatable bonds is 7. The van der Waals surface area contributed by atoms with Gasteiger partial charge in [0.05, 0.1) is 25.7 Å². The van der Waals surface area contributed by atoms with E-state index in [2.05, 4.69) is 4.90 Å². The third-order valence-corrected chi connectivity index (χ3v) is 7.91. The van der Waals surface area contributed by atoms with Gasteiger partial charge in [0.15, 0.2) is 0 Å². The van der Waals surface area contributed by atoms with Crippen LogP contribution in [0.4, 0.5) is 13.2 Å². The summed E-state index contributed by atoms with van der Waals surface area (Å²) in [7, 11) is 1.36. The van der Waals surface area contributed by atoms with Crippen molar-refractivity contribution in [1.82, 2.24) is 4.90 Å². The molecule has 0 bridgehead atoms. The number of carbonyl (C=O) groups is 1. The standard InChI is InChI=1S/C28H32F3NO5/c1-35-27(34)12-18-16-36-26-13-19(2-3-20(18)26)37-25-7-5-21-22(25)4-6-24(28(29,30)31)23(21)14-32-10-8-17(15-33)9-11-32/h2-4,6,13,17-18,25,33H,5,7-12,14-16H2,1H3/t18?,25-/m1/s1. The fourth-order valence-electron chi connectivity index (χ4n) is 5.81. The van der Waals surface area contributed by atoms with E-state index in [-0.39, 0.29) is 43.5 Å². The van der Waals surface area contributed by atoms with Gasteiger partial charge < -0.3 is 19.3 Å². The zero-order valence-electron chi connectivity index (χ0n) is 20.9. The number of nitrogens with zero attached hydrogens (tertiary/aromatic N) is 1. The van der Waals surface area contributed by atoms with Gasteiger partial charge in [0.1, 0.15) is 17.6 Å². The van der Waals surface area contributed by atoms with Gasteiger partial charge in [-0.25, -0.2) is 0 Å². The van der Waals surface area contributed by atoms with Crippen LogP contribution in [0, 0.1) is 5.92 Å². The molecule has 2 aromatic carbocycles. The molecular weight excluding hydrogens is 487 g/mol. The van der Waals surface area contributed by atoms with Crippen molar-refractivity contribution in [3.63, 3.8) is 0 Å². The smallest absolute Gasteiger partial charge is 0.416 e. The molecule has 9 heteroatoms. The molecule has 2 atom stereocenters. The predicted molar refractivity (Wildman–Crippen MR) is 130 cm³/mol. The highest BCUT2D eigenvalue weighted by atomic mass is 19.4. The molecule has 37 heavy (non-hydrogen) atoms. The maximum Gasteiger partial charge on any atom is 0.416 e. The quantitative estimate of drug-likeness (QED) is 0.519. The lowest BCUT2D eigenvalue weighted by molar-refractivity contribution is -0.141. The average Bonchev–Trinajstić information content (AvgIpc) is 3.48. The Hall–Kier alpha value is -2.78. The maximum atomic E-state index is 14.0. The number of esters is 1. The van der Waals surface area contributed by atoms with Crippen LogP contribution < -0.4 is 9.47 Å². The first-order valence-corrected chi connectivity index (χ1v) is 12.8. The number of alkyl halides is 3. The highest BCUT2D eigenvalue weighted by molar-refractivity contribution is 5.71. The maximum absolute atomic E-state index is 14.0. The van der Waals surface area contributed by atoms with E-state index in [0.29, 0.717) is 49.6 Å². The first-order valence-electron chi connectivity index (χ1n) is 12.8. The van der Waals surface area contributed by atoms with E-state index in [0.717, 1.165) is 29.5 Å². The second-order valence-electron chi connectivity index (χ2n) is 10.2. The van der Waals surface area contributed by atoms with E-state index in [1.54, 1.807) is 12.1 Å². The molecule has 6 nitrogen and oxygen atoms in total. The van der Waals surface area contributed by atoms with E-state index in [1.165, 1.54) is 13.2 Å². The van der Waals surface area contributed by atoms with E-state index in [1.807, 2.05) is 12.1 Å². The second kappa shape index (κ2) is 10.5. The summed E-state index contributed by atoms with van der Waals surface area (Å²) in [5.74, 6) is 1.10. The van der Waals surface area contributed by atoms with E-state index >= 15 is 0 Å². The number of aliphatic hydroxyl groups is 1. The van der Waals surface area contributed by atoms with Gasteiger partial charge in [-0.2, -0.15) is 13.2 Å². The number of piperidine rings is 1. The van der Waals surface area contributed by atoms with Crippen molar-refractivity contribution in [3.05, 3.63) is 58.1 Å². The summed E-state index contributed by atoms with van der Waals surface area (Å²) in [6.45, 7) is 2.12. The van der Waals surface area contributed by atoms with Crippen molar-refractivity contribution in [3.8, 4) is 11.5 Å². The third-order valence-electron chi connectivity index (χ3n) is 7.91. The lowest BCUT2D eigenvalue weighted by Crippen LogP contribution is -2.35. The number of aliphatic hydroxyl groups excluding tert-OH is 1. The number of methoxy groups -OCH3 is 1. The summed E-state index contributed by atoms with van der Waals surface area (Å²) in [5.41, 5.74) is 2.24. The van der Waals surface area contributed by atoms with E-state index in [4.69, 9.17) is 14.2 Å². The second-order valence-corrected chi connectivity index (χ2v) is 10.2. The Balaban J connectivity index is 1.35. The van der Waals surface area contributed by atoms with Crippen molar-refractivity contribution >= 4 is 5.97 Å². The highest BCUT2D eigenvalue weighted by Gasteiger charge is 2.38. The summed E-state index contributed by atoms with van der Waals surface area (Å²) < 4.78 is 58.7. The Labute approximate surface area is 214 Å². The monoisotopic (exact) mass is 519 g/mol. The minimum Gasteiger partial charge on any atom is -0.492 e. The molecule has 1 N–H and O–H groups in total. The number of carbonyl (C=O) groups excluding carboxylic acids is 1. The molecule has 2 heterocycles. The van der Waals surface area contributed by atoms with Crippen LogP contribution in [-0.4, -0.2) is 49.4 Å². The van der Waals surface area contributed by atoms with Gasteiger partial charge in [0.2, 0.25) is 0 Å². The van der Waals surface area contributed by atoms with Gasteiger partial charge in [-0.3, -0.25) is 9.69 Å². The molecule has 1 aliphatic carbocycles. The Morgan fingerprint density at radius 3 is 2.59 bits per heavy atom. The van der Waals surface area contributed by atoms with Crippen LogP contribution in [0.15, 0.2) is 30.3 Å². The normalized spacial score (nSPS) is 21.9. The number of likely N-dealkylation sites (tertiary alicyclic amines) is 1. The number of benzene rings is 2. The SMILES string of the molecule is COC(=O)CC1COc2cc(O[C@@H]3CCc4c3ccc(C(F)(F)F)c4CN3CCC(CO)CC3)ccc21. The van der Waals surface area contributed by atoms with Crippen molar-refractivity contribution < 1.29 is 37.3 Å². The van der Waals surface area contributed by atoms with Crippen LogP contribution in [0.1, 0.15) is 65.5 Å². The zero-order chi connectivity index (χ0) is 26.2. The number of hydrogen-bond donors (Lipinski definition) is 1. The third kappa shape index (κ3) is 5.43. The molecule has 0 amide bonds. The van der Waals surface area contributed by atoms with Gasteiger partial charge >= 0.3 is 12.1 Å². The highest BCUT2D eigenvalue weighted by Crippen LogP contribution is 2.44.